The number of benzene rings is 1. The van der Waals surface area contributed by atoms with Crippen molar-refractivity contribution in [3.05, 3.63) is 23.4 Å². The molecule has 1 fully saturated rings. The first-order valence-electron chi connectivity index (χ1n) is 10.1. The van der Waals surface area contributed by atoms with Crippen molar-refractivity contribution in [1.82, 2.24) is 15.0 Å². The normalized spacial score (nSPS) is 15.5. The number of carbonyl (C=O) groups is 1. The molecule has 1 aliphatic rings. The van der Waals surface area contributed by atoms with E-state index in [0.29, 0.717) is 25.6 Å². The number of carboxylic acid groups (broad SMARTS) is 1. The molecule has 0 saturated carbocycles. The van der Waals surface area contributed by atoms with Crippen molar-refractivity contribution in [1.29, 1.82) is 0 Å². The van der Waals surface area contributed by atoms with E-state index in [2.05, 4.69) is 23.0 Å². The smallest absolute Gasteiger partial charge is 0.407 e. The highest BCUT2D eigenvalue weighted by molar-refractivity contribution is 5.84. The second-order valence-corrected chi connectivity index (χ2v) is 7.89. The van der Waals surface area contributed by atoms with Gasteiger partial charge in [0.15, 0.2) is 5.58 Å². The van der Waals surface area contributed by atoms with Gasteiger partial charge in [0, 0.05) is 25.0 Å². The van der Waals surface area contributed by atoms with Crippen molar-refractivity contribution in [2.24, 2.45) is 5.92 Å². The number of ether oxygens (including phenoxy) is 1. The standard InChI is InChI=1S/C21H31N3O4/c1-4-13-27-19-8-6-16-18(22-28-20(16)17(19)14-23(2)3)7-5-15-9-11-24(12-10-15)21(25)26/h6,8,15H,4-5,7,9-14H2,1-3H3,(H,25,26). The molecule has 1 aromatic heterocycles. The molecule has 7 heteroatoms. The third-order valence-electron chi connectivity index (χ3n) is 5.39. The van der Waals surface area contributed by atoms with Crippen molar-refractivity contribution >= 4 is 17.1 Å². The van der Waals surface area contributed by atoms with Crippen molar-refractivity contribution in [2.45, 2.75) is 45.6 Å². The van der Waals surface area contributed by atoms with Gasteiger partial charge in [-0.2, -0.15) is 0 Å². The lowest BCUT2D eigenvalue weighted by Crippen LogP contribution is -2.37. The van der Waals surface area contributed by atoms with Gasteiger partial charge in [-0.3, -0.25) is 0 Å². The first kappa shape index (κ1) is 20.5. The molecule has 0 unspecified atom stereocenters. The summed E-state index contributed by atoms with van der Waals surface area (Å²) < 4.78 is 11.7. The van der Waals surface area contributed by atoms with E-state index < -0.39 is 6.09 Å². The van der Waals surface area contributed by atoms with Gasteiger partial charge in [-0.1, -0.05) is 12.1 Å². The Morgan fingerprint density at radius 2 is 2.11 bits per heavy atom. The van der Waals surface area contributed by atoms with Crippen LogP contribution in [0, 0.1) is 5.92 Å². The van der Waals surface area contributed by atoms with E-state index in [1.807, 2.05) is 20.2 Å². The molecule has 7 nitrogen and oxygen atoms in total. The Balaban J connectivity index is 1.71. The van der Waals surface area contributed by atoms with Crippen molar-refractivity contribution in [3.63, 3.8) is 0 Å². The molecule has 1 saturated heterocycles. The van der Waals surface area contributed by atoms with E-state index in [4.69, 9.17) is 14.4 Å². The molecule has 1 aliphatic heterocycles. The Morgan fingerprint density at radius 3 is 2.75 bits per heavy atom. The summed E-state index contributed by atoms with van der Waals surface area (Å²) in [4.78, 5) is 14.7. The van der Waals surface area contributed by atoms with Crippen LogP contribution in [0.3, 0.4) is 0 Å². The Hall–Kier alpha value is -2.28. The number of aryl methyl sites for hydroxylation is 1. The van der Waals surface area contributed by atoms with Crippen LogP contribution in [-0.4, -0.2) is 59.9 Å². The highest BCUT2D eigenvalue weighted by Crippen LogP contribution is 2.32. The van der Waals surface area contributed by atoms with E-state index in [0.717, 1.165) is 66.6 Å². The number of hydrogen-bond donors (Lipinski definition) is 1. The van der Waals surface area contributed by atoms with Crippen LogP contribution in [0.5, 0.6) is 5.75 Å². The van der Waals surface area contributed by atoms with Gasteiger partial charge in [0.1, 0.15) is 5.75 Å². The summed E-state index contributed by atoms with van der Waals surface area (Å²) in [5.74, 6) is 1.41. The van der Waals surface area contributed by atoms with Crippen molar-refractivity contribution in [3.8, 4) is 5.75 Å². The first-order valence-corrected chi connectivity index (χ1v) is 10.1. The summed E-state index contributed by atoms with van der Waals surface area (Å²) in [6.07, 6.45) is 3.84. The van der Waals surface area contributed by atoms with E-state index in [9.17, 15) is 4.79 Å². The minimum atomic E-state index is -0.810. The van der Waals surface area contributed by atoms with Crippen LogP contribution in [0.25, 0.3) is 11.0 Å². The van der Waals surface area contributed by atoms with Gasteiger partial charge < -0.3 is 24.2 Å². The molecule has 1 amide bonds. The van der Waals surface area contributed by atoms with Gasteiger partial charge in [-0.05, 0) is 64.3 Å². The van der Waals surface area contributed by atoms with Crippen LogP contribution < -0.4 is 4.74 Å². The lowest BCUT2D eigenvalue weighted by molar-refractivity contribution is 0.123. The van der Waals surface area contributed by atoms with Gasteiger partial charge >= 0.3 is 6.09 Å². The van der Waals surface area contributed by atoms with E-state index in [-0.39, 0.29) is 0 Å². The van der Waals surface area contributed by atoms with Gasteiger partial charge in [0.05, 0.1) is 17.9 Å². The second kappa shape index (κ2) is 9.28. The number of nitrogens with zero attached hydrogens (tertiary/aromatic N) is 3. The zero-order chi connectivity index (χ0) is 20.1. The van der Waals surface area contributed by atoms with Crippen LogP contribution in [0.1, 0.15) is 43.9 Å². The second-order valence-electron chi connectivity index (χ2n) is 7.89. The Kier molecular flexibility index (Phi) is 6.78. The van der Waals surface area contributed by atoms with Crippen molar-refractivity contribution in [2.75, 3.05) is 33.8 Å². The molecule has 0 atom stereocenters. The zero-order valence-electron chi connectivity index (χ0n) is 17.1. The lowest BCUT2D eigenvalue weighted by Gasteiger charge is -2.29. The number of hydrogen-bond acceptors (Lipinski definition) is 5. The van der Waals surface area contributed by atoms with Crippen LogP contribution in [-0.2, 0) is 13.0 Å². The maximum Gasteiger partial charge on any atom is 0.407 e. The largest absolute Gasteiger partial charge is 0.493 e. The van der Waals surface area contributed by atoms with Gasteiger partial charge in [-0.15, -0.1) is 0 Å². The zero-order valence-corrected chi connectivity index (χ0v) is 17.1. The third-order valence-corrected chi connectivity index (χ3v) is 5.39. The van der Waals surface area contributed by atoms with Crippen LogP contribution in [0.15, 0.2) is 16.7 Å². The molecule has 0 radical (unpaired) electrons. The summed E-state index contributed by atoms with van der Waals surface area (Å²) in [7, 11) is 4.06. The number of amides is 1. The summed E-state index contributed by atoms with van der Waals surface area (Å²) >= 11 is 0. The number of aromatic nitrogens is 1. The average molecular weight is 389 g/mol. The maximum absolute atomic E-state index is 11.0. The molecule has 1 aromatic carbocycles. The Labute approximate surface area is 166 Å². The minimum absolute atomic E-state index is 0.538. The van der Waals surface area contributed by atoms with E-state index in [1.54, 1.807) is 0 Å². The number of fused-ring (bicyclic) bond motifs is 1. The number of likely N-dealkylation sites (tertiary alicyclic amines) is 1. The number of piperidine rings is 1. The third kappa shape index (κ3) is 4.76. The molecule has 3 rings (SSSR count). The van der Waals surface area contributed by atoms with Gasteiger partial charge in [0.2, 0.25) is 0 Å². The maximum atomic E-state index is 11.0. The van der Waals surface area contributed by atoms with E-state index in [1.165, 1.54) is 4.90 Å². The molecular formula is C21H31N3O4. The highest BCUT2D eigenvalue weighted by atomic mass is 16.5. The molecule has 2 heterocycles. The molecule has 0 spiro atoms. The van der Waals surface area contributed by atoms with Crippen molar-refractivity contribution < 1.29 is 19.2 Å². The molecule has 154 valence electrons. The summed E-state index contributed by atoms with van der Waals surface area (Å²) in [5.41, 5.74) is 2.85. The topological polar surface area (TPSA) is 79.0 Å². The molecule has 0 aliphatic carbocycles. The molecule has 28 heavy (non-hydrogen) atoms. The average Bonchev–Trinajstić information content (AvgIpc) is 3.09. The van der Waals surface area contributed by atoms with Crippen LogP contribution >= 0.6 is 0 Å². The van der Waals surface area contributed by atoms with Crippen LogP contribution in [0.4, 0.5) is 4.79 Å². The quantitative estimate of drug-likeness (QED) is 0.735. The summed E-state index contributed by atoms with van der Waals surface area (Å²) in [6.45, 7) is 4.77. The summed E-state index contributed by atoms with van der Waals surface area (Å²) in [5, 5.41) is 14.5. The molecule has 2 aromatic rings. The fraction of sp³-hybridized carbons (Fsp3) is 0.619. The first-order chi connectivity index (χ1) is 13.5. The fourth-order valence-electron chi connectivity index (χ4n) is 3.84. The summed E-state index contributed by atoms with van der Waals surface area (Å²) in [6, 6.07) is 4.08. The predicted molar refractivity (Wildman–Crippen MR) is 108 cm³/mol. The SMILES string of the molecule is CCCOc1ccc2c(CCC3CCN(C(=O)O)CC3)noc2c1CN(C)C. The predicted octanol–water partition coefficient (Wildman–Crippen LogP) is 4.00. The van der Waals surface area contributed by atoms with Gasteiger partial charge in [-0.25, -0.2) is 4.79 Å². The lowest BCUT2D eigenvalue weighted by atomic mass is 9.91. The number of rotatable bonds is 8. The molecule has 1 N–H and O–H groups in total. The highest BCUT2D eigenvalue weighted by Gasteiger charge is 2.23. The van der Waals surface area contributed by atoms with Crippen LogP contribution in [0.2, 0.25) is 0 Å². The minimum Gasteiger partial charge on any atom is -0.493 e. The Bertz CT molecular complexity index is 794. The Morgan fingerprint density at radius 1 is 1.36 bits per heavy atom. The van der Waals surface area contributed by atoms with Gasteiger partial charge in [0.25, 0.3) is 0 Å². The monoisotopic (exact) mass is 389 g/mol. The molecular weight excluding hydrogens is 358 g/mol. The van der Waals surface area contributed by atoms with E-state index >= 15 is 0 Å². The molecule has 0 bridgehead atoms. The fourth-order valence-corrected chi connectivity index (χ4v) is 3.84.